The second-order valence-corrected chi connectivity index (χ2v) is 7.63. The monoisotopic (exact) mass is 260 g/mol. The first-order chi connectivity index (χ1) is 9.11. The maximum Gasteiger partial charge on any atom is 0.334 e. The van der Waals surface area contributed by atoms with Gasteiger partial charge in [-0.15, -0.1) is 0 Å². The van der Waals surface area contributed by atoms with Crippen LogP contribution < -0.4 is 0 Å². The fraction of sp³-hybridized carbons (Fsp3) is 0.824. The minimum absolute atomic E-state index is 0.0647. The highest BCUT2D eigenvalue weighted by molar-refractivity contribution is 5.90. The Bertz CT molecular complexity index is 421. The molecule has 4 saturated carbocycles. The number of rotatable bonds is 3. The van der Waals surface area contributed by atoms with Gasteiger partial charge in [-0.2, -0.15) is 0 Å². The molecular weight excluding hydrogens is 236 g/mol. The summed E-state index contributed by atoms with van der Waals surface area (Å²) >= 11 is 0. The van der Waals surface area contributed by atoms with Gasteiger partial charge in [0.05, 0.1) is 0 Å². The molecule has 0 amide bonds. The van der Waals surface area contributed by atoms with Gasteiger partial charge in [0.1, 0.15) is 5.60 Å². The topological polar surface area (TPSA) is 26.3 Å². The predicted molar refractivity (Wildman–Crippen MR) is 73.5 cm³/mol. The summed E-state index contributed by atoms with van der Waals surface area (Å²) in [6.45, 7) is 4.15. The van der Waals surface area contributed by atoms with Crippen LogP contribution in [0.25, 0.3) is 0 Å². The van der Waals surface area contributed by atoms with Crippen LogP contribution >= 0.6 is 0 Å². The standard InChI is InChI=1S/C17H24O2/c1-12(16-6-2-13(10-16)3-7-16)15(18)19-17-8-4-14(11-17)5-9-17/h13-14H,1-11H2. The average Bonchev–Trinajstić information content (AvgIpc) is 3.17. The van der Waals surface area contributed by atoms with E-state index in [1.165, 1.54) is 44.9 Å². The summed E-state index contributed by atoms with van der Waals surface area (Å²) in [7, 11) is 0. The van der Waals surface area contributed by atoms with Crippen molar-refractivity contribution in [2.45, 2.75) is 69.8 Å². The molecule has 0 spiro atoms. The Labute approximate surface area is 115 Å². The molecule has 0 radical (unpaired) electrons. The highest BCUT2D eigenvalue weighted by atomic mass is 16.6. The van der Waals surface area contributed by atoms with Crippen LogP contribution in [0.5, 0.6) is 0 Å². The van der Waals surface area contributed by atoms with E-state index in [4.69, 9.17) is 4.74 Å². The molecule has 0 aromatic heterocycles. The fourth-order valence-corrected chi connectivity index (χ4v) is 5.37. The van der Waals surface area contributed by atoms with Crippen molar-refractivity contribution in [3.8, 4) is 0 Å². The van der Waals surface area contributed by atoms with E-state index in [9.17, 15) is 4.79 Å². The minimum atomic E-state index is -0.0993. The molecule has 0 heterocycles. The largest absolute Gasteiger partial charge is 0.456 e. The van der Waals surface area contributed by atoms with Crippen molar-refractivity contribution in [1.29, 1.82) is 0 Å². The Balaban J connectivity index is 1.47. The van der Waals surface area contributed by atoms with Gasteiger partial charge in [-0.25, -0.2) is 4.79 Å². The molecule has 0 atom stereocenters. The predicted octanol–water partition coefficient (Wildman–Crippen LogP) is 4.00. The lowest BCUT2D eigenvalue weighted by molar-refractivity contribution is -0.155. The normalized spacial score (nSPS) is 46.7. The first-order valence-electron chi connectivity index (χ1n) is 8.04. The van der Waals surface area contributed by atoms with E-state index in [-0.39, 0.29) is 17.0 Å². The quantitative estimate of drug-likeness (QED) is 0.566. The third-order valence-electron chi connectivity index (χ3n) is 6.61. The summed E-state index contributed by atoms with van der Waals surface area (Å²) in [6.07, 6.45) is 11.9. The maximum atomic E-state index is 12.5. The Morgan fingerprint density at radius 2 is 1.53 bits per heavy atom. The van der Waals surface area contributed by atoms with Crippen molar-refractivity contribution in [2.75, 3.05) is 0 Å². The molecule has 0 aromatic rings. The second kappa shape index (κ2) is 3.86. The molecule has 104 valence electrons. The number of hydrogen-bond acceptors (Lipinski definition) is 2. The van der Waals surface area contributed by atoms with E-state index in [1.807, 2.05) is 0 Å². The fourth-order valence-electron chi connectivity index (χ4n) is 5.37. The Morgan fingerprint density at radius 1 is 0.947 bits per heavy atom. The maximum absolute atomic E-state index is 12.5. The van der Waals surface area contributed by atoms with E-state index in [2.05, 4.69) is 6.58 Å². The molecule has 0 N–H and O–H groups in total. The highest BCUT2D eigenvalue weighted by Crippen LogP contribution is 2.58. The van der Waals surface area contributed by atoms with Crippen LogP contribution in [0.4, 0.5) is 0 Å². The Kier molecular flexibility index (Phi) is 2.44. The van der Waals surface area contributed by atoms with E-state index < -0.39 is 0 Å². The van der Waals surface area contributed by atoms with Crippen LogP contribution in [0.3, 0.4) is 0 Å². The van der Waals surface area contributed by atoms with Crippen LogP contribution in [-0.2, 0) is 9.53 Å². The zero-order valence-corrected chi connectivity index (χ0v) is 11.7. The molecule has 2 heteroatoms. The van der Waals surface area contributed by atoms with Gasteiger partial charge < -0.3 is 4.74 Å². The summed E-state index contributed by atoms with van der Waals surface area (Å²) in [5, 5.41) is 0. The van der Waals surface area contributed by atoms with Gasteiger partial charge in [-0.05, 0) is 76.0 Å². The van der Waals surface area contributed by atoms with Crippen LogP contribution in [0, 0.1) is 17.3 Å². The van der Waals surface area contributed by atoms with Crippen LogP contribution in [0.1, 0.15) is 64.2 Å². The van der Waals surface area contributed by atoms with Crippen LogP contribution in [-0.4, -0.2) is 11.6 Å². The second-order valence-electron chi connectivity index (χ2n) is 7.63. The summed E-state index contributed by atoms with van der Waals surface area (Å²) in [5.41, 5.74) is 0.824. The SMILES string of the molecule is C=C(C(=O)OC12CCC(CC1)C2)C12CCC(CC1)C2. The number of fused-ring (bicyclic) bond motifs is 4. The lowest BCUT2D eigenvalue weighted by atomic mass is 9.78. The first kappa shape index (κ1) is 12.0. The number of esters is 1. The number of carbonyl (C=O) groups is 1. The van der Waals surface area contributed by atoms with E-state index in [1.54, 1.807) is 0 Å². The average molecular weight is 260 g/mol. The Hall–Kier alpha value is -0.790. The van der Waals surface area contributed by atoms with Crippen molar-refractivity contribution in [2.24, 2.45) is 17.3 Å². The molecular formula is C17H24O2. The van der Waals surface area contributed by atoms with Crippen LogP contribution in [0.2, 0.25) is 0 Å². The molecule has 0 unspecified atom stereocenters. The molecule has 4 aliphatic rings. The van der Waals surface area contributed by atoms with Crippen molar-refractivity contribution >= 4 is 5.97 Å². The van der Waals surface area contributed by atoms with E-state index >= 15 is 0 Å². The van der Waals surface area contributed by atoms with E-state index in [0.717, 1.165) is 36.7 Å². The zero-order chi connectivity index (χ0) is 13.1. The molecule has 4 bridgehead atoms. The van der Waals surface area contributed by atoms with Crippen molar-refractivity contribution in [3.05, 3.63) is 12.2 Å². The first-order valence-corrected chi connectivity index (χ1v) is 8.04. The van der Waals surface area contributed by atoms with Gasteiger partial charge in [0, 0.05) is 11.0 Å². The Morgan fingerprint density at radius 3 is 2.00 bits per heavy atom. The van der Waals surface area contributed by atoms with Gasteiger partial charge >= 0.3 is 5.97 Å². The van der Waals surface area contributed by atoms with Gasteiger partial charge in [0.15, 0.2) is 0 Å². The van der Waals surface area contributed by atoms with E-state index in [0.29, 0.717) is 0 Å². The molecule has 4 aliphatic carbocycles. The summed E-state index contributed by atoms with van der Waals surface area (Å²) < 4.78 is 5.97. The van der Waals surface area contributed by atoms with Gasteiger partial charge in [-0.3, -0.25) is 0 Å². The molecule has 0 saturated heterocycles. The van der Waals surface area contributed by atoms with Gasteiger partial charge in [-0.1, -0.05) is 6.58 Å². The number of hydrogen-bond donors (Lipinski definition) is 0. The lowest BCUT2D eigenvalue weighted by Crippen LogP contribution is -2.34. The van der Waals surface area contributed by atoms with Crippen molar-refractivity contribution in [1.82, 2.24) is 0 Å². The summed E-state index contributed by atoms with van der Waals surface area (Å²) in [6, 6.07) is 0. The van der Waals surface area contributed by atoms with Gasteiger partial charge in [0.2, 0.25) is 0 Å². The molecule has 2 nitrogen and oxygen atoms in total. The number of carbonyl (C=O) groups excluding carboxylic acids is 1. The van der Waals surface area contributed by atoms with Crippen LogP contribution in [0.15, 0.2) is 12.2 Å². The highest BCUT2D eigenvalue weighted by Gasteiger charge is 2.52. The molecule has 19 heavy (non-hydrogen) atoms. The van der Waals surface area contributed by atoms with Gasteiger partial charge in [0.25, 0.3) is 0 Å². The van der Waals surface area contributed by atoms with Crippen molar-refractivity contribution in [3.63, 3.8) is 0 Å². The molecule has 4 rings (SSSR count). The smallest absolute Gasteiger partial charge is 0.334 e. The molecule has 0 aliphatic heterocycles. The summed E-state index contributed by atoms with van der Waals surface area (Å²) in [5.74, 6) is 1.61. The third kappa shape index (κ3) is 1.71. The van der Waals surface area contributed by atoms with Crippen molar-refractivity contribution < 1.29 is 9.53 Å². The minimum Gasteiger partial charge on any atom is -0.456 e. The lowest BCUT2D eigenvalue weighted by Gasteiger charge is -2.32. The molecule has 4 fully saturated rings. The third-order valence-corrected chi connectivity index (χ3v) is 6.61. The zero-order valence-electron chi connectivity index (χ0n) is 11.7. The molecule has 0 aromatic carbocycles. The summed E-state index contributed by atoms with van der Waals surface area (Å²) in [4.78, 5) is 12.5. The number of ether oxygens (including phenoxy) is 1.